The molecule has 2 heterocycles. The number of carbonyl (C=O) groups excluding carboxylic acids is 1. The second-order valence-electron chi connectivity index (χ2n) is 3.94. The summed E-state index contributed by atoms with van der Waals surface area (Å²) in [5.74, 6) is -0.292. The van der Waals surface area contributed by atoms with Crippen LogP contribution in [0.2, 0.25) is 5.15 Å². The van der Waals surface area contributed by atoms with Crippen LogP contribution in [0, 0.1) is 0 Å². The summed E-state index contributed by atoms with van der Waals surface area (Å²) in [5, 5.41) is 10.7. The van der Waals surface area contributed by atoms with Crippen LogP contribution in [0.5, 0.6) is 0 Å². The molecule has 0 saturated heterocycles. The zero-order valence-corrected chi connectivity index (χ0v) is 10.5. The zero-order valence-electron chi connectivity index (χ0n) is 9.72. The van der Waals surface area contributed by atoms with Gasteiger partial charge >= 0.3 is 0 Å². The molecule has 1 amide bonds. The summed E-state index contributed by atoms with van der Waals surface area (Å²) in [6.07, 6.45) is 1.53. The van der Waals surface area contributed by atoms with E-state index in [9.17, 15) is 4.79 Å². The largest absolute Gasteiger partial charge is 0.320 e. The summed E-state index contributed by atoms with van der Waals surface area (Å²) in [5.41, 5.74) is 1.75. The quantitative estimate of drug-likeness (QED) is 0.705. The summed E-state index contributed by atoms with van der Waals surface area (Å²) in [4.78, 5) is 16.0. The summed E-state index contributed by atoms with van der Waals surface area (Å²) in [6.45, 7) is 0. The third kappa shape index (κ3) is 2.28. The fraction of sp³-hybridized carbons (Fsp3) is 0. The van der Waals surface area contributed by atoms with Crippen molar-refractivity contribution >= 4 is 34.1 Å². The van der Waals surface area contributed by atoms with Gasteiger partial charge in [0.25, 0.3) is 5.91 Å². The second-order valence-corrected chi connectivity index (χ2v) is 4.33. The molecule has 3 aromatic rings. The highest BCUT2D eigenvalue weighted by molar-refractivity contribution is 6.29. The van der Waals surface area contributed by atoms with Gasteiger partial charge in [-0.1, -0.05) is 29.8 Å². The maximum Gasteiger partial charge on any atom is 0.276 e. The van der Waals surface area contributed by atoms with Gasteiger partial charge < -0.3 is 5.32 Å². The molecule has 0 aliphatic heterocycles. The van der Waals surface area contributed by atoms with Crippen molar-refractivity contribution in [3.05, 3.63) is 53.4 Å². The number of anilines is 1. The fourth-order valence-corrected chi connectivity index (χ4v) is 1.98. The topological polar surface area (TPSA) is 70.7 Å². The van der Waals surface area contributed by atoms with Gasteiger partial charge in [0, 0.05) is 17.3 Å². The van der Waals surface area contributed by atoms with Crippen molar-refractivity contribution < 1.29 is 4.79 Å². The van der Waals surface area contributed by atoms with E-state index in [0.29, 0.717) is 16.5 Å². The number of halogens is 1. The van der Waals surface area contributed by atoms with E-state index in [1.165, 1.54) is 6.20 Å². The number of fused-ring (bicyclic) bond motifs is 1. The van der Waals surface area contributed by atoms with Gasteiger partial charge in [-0.25, -0.2) is 4.98 Å². The normalized spacial score (nSPS) is 10.6. The minimum atomic E-state index is -0.292. The van der Waals surface area contributed by atoms with E-state index in [1.54, 1.807) is 12.1 Å². The summed E-state index contributed by atoms with van der Waals surface area (Å²) < 4.78 is 0. The van der Waals surface area contributed by atoms with Crippen LogP contribution in [0.25, 0.3) is 10.9 Å². The summed E-state index contributed by atoms with van der Waals surface area (Å²) >= 11 is 5.76. The molecule has 5 nitrogen and oxygen atoms in total. The lowest BCUT2D eigenvalue weighted by Crippen LogP contribution is -2.12. The molecule has 6 heteroatoms. The van der Waals surface area contributed by atoms with Crippen molar-refractivity contribution in [3.63, 3.8) is 0 Å². The first-order valence-electron chi connectivity index (χ1n) is 5.60. The number of amides is 1. The molecule has 0 unspecified atom stereocenters. The number of nitrogens with one attached hydrogen (secondary N) is 2. The van der Waals surface area contributed by atoms with Crippen molar-refractivity contribution in [3.8, 4) is 0 Å². The maximum absolute atomic E-state index is 12.1. The fourth-order valence-electron chi connectivity index (χ4n) is 1.81. The number of para-hydroxylation sites is 1. The van der Waals surface area contributed by atoms with Crippen LogP contribution >= 0.6 is 11.6 Å². The molecule has 94 valence electrons. The first-order chi connectivity index (χ1) is 9.24. The molecule has 0 aliphatic carbocycles. The number of aromatic amines is 1. The van der Waals surface area contributed by atoms with Crippen LogP contribution in [0.3, 0.4) is 0 Å². The highest BCUT2D eigenvalue weighted by atomic mass is 35.5. The van der Waals surface area contributed by atoms with Gasteiger partial charge in [0.1, 0.15) is 5.15 Å². The molecule has 0 aliphatic rings. The molecular weight excluding hydrogens is 264 g/mol. The summed E-state index contributed by atoms with van der Waals surface area (Å²) in [6, 6.07) is 10.7. The third-order valence-electron chi connectivity index (χ3n) is 2.67. The monoisotopic (exact) mass is 272 g/mol. The Morgan fingerprint density at radius 3 is 2.95 bits per heavy atom. The number of hydrogen-bond acceptors (Lipinski definition) is 3. The first kappa shape index (κ1) is 11.7. The number of benzene rings is 1. The van der Waals surface area contributed by atoms with E-state index in [2.05, 4.69) is 20.5 Å². The highest BCUT2D eigenvalue weighted by Gasteiger charge is 2.13. The molecule has 2 N–H and O–H groups in total. The Kier molecular flexibility index (Phi) is 2.89. The maximum atomic E-state index is 12.1. The smallest absolute Gasteiger partial charge is 0.276 e. The van der Waals surface area contributed by atoms with Gasteiger partial charge in [0.15, 0.2) is 5.69 Å². The van der Waals surface area contributed by atoms with Crippen LogP contribution in [-0.2, 0) is 0 Å². The minimum absolute atomic E-state index is 0.292. The average Bonchev–Trinajstić information content (AvgIpc) is 2.82. The van der Waals surface area contributed by atoms with Crippen LogP contribution in [0.4, 0.5) is 5.69 Å². The van der Waals surface area contributed by atoms with Crippen molar-refractivity contribution in [2.24, 2.45) is 0 Å². The predicted octanol–water partition coefficient (Wildman–Crippen LogP) is 2.86. The molecule has 19 heavy (non-hydrogen) atoms. The molecule has 0 fully saturated rings. The molecule has 0 bridgehead atoms. The van der Waals surface area contributed by atoms with Crippen molar-refractivity contribution in [1.29, 1.82) is 0 Å². The van der Waals surface area contributed by atoms with Gasteiger partial charge in [0.2, 0.25) is 0 Å². The van der Waals surface area contributed by atoms with Gasteiger partial charge in [-0.3, -0.25) is 9.89 Å². The van der Waals surface area contributed by atoms with E-state index in [1.807, 2.05) is 24.3 Å². The van der Waals surface area contributed by atoms with Gasteiger partial charge in [-0.15, -0.1) is 0 Å². The SMILES string of the molecule is O=C(Nc1ccnc(Cl)c1)c1n[nH]c2ccccc12. The molecule has 1 aromatic carbocycles. The highest BCUT2D eigenvalue weighted by Crippen LogP contribution is 2.17. The Bertz CT molecular complexity index is 753. The van der Waals surface area contributed by atoms with Crippen LogP contribution in [-0.4, -0.2) is 21.1 Å². The molecule has 0 saturated carbocycles. The lowest BCUT2D eigenvalue weighted by Gasteiger charge is -2.03. The minimum Gasteiger partial charge on any atom is -0.320 e. The number of carbonyl (C=O) groups is 1. The molecular formula is C13H9ClN4O. The lowest BCUT2D eigenvalue weighted by molar-refractivity contribution is 0.102. The Morgan fingerprint density at radius 1 is 1.26 bits per heavy atom. The molecule has 0 radical (unpaired) electrons. The second kappa shape index (κ2) is 4.70. The van der Waals surface area contributed by atoms with Crippen molar-refractivity contribution in [2.45, 2.75) is 0 Å². The van der Waals surface area contributed by atoms with Crippen molar-refractivity contribution in [1.82, 2.24) is 15.2 Å². The summed E-state index contributed by atoms with van der Waals surface area (Å²) in [7, 11) is 0. The van der Waals surface area contributed by atoms with E-state index >= 15 is 0 Å². The van der Waals surface area contributed by atoms with E-state index < -0.39 is 0 Å². The Hall–Kier alpha value is -2.40. The van der Waals surface area contributed by atoms with E-state index in [0.717, 1.165) is 10.9 Å². The predicted molar refractivity (Wildman–Crippen MR) is 73.3 cm³/mol. The Labute approximate surface area is 113 Å². The number of nitrogens with zero attached hydrogens (tertiary/aromatic N) is 2. The number of rotatable bonds is 2. The number of H-pyrrole nitrogens is 1. The number of pyridine rings is 1. The average molecular weight is 273 g/mol. The van der Waals surface area contributed by atoms with Crippen LogP contribution in [0.15, 0.2) is 42.6 Å². The van der Waals surface area contributed by atoms with E-state index in [4.69, 9.17) is 11.6 Å². The molecule has 2 aromatic heterocycles. The van der Waals surface area contributed by atoms with Gasteiger partial charge in [0.05, 0.1) is 5.52 Å². The zero-order chi connectivity index (χ0) is 13.2. The molecule has 3 rings (SSSR count). The third-order valence-corrected chi connectivity index (χ3v) is 2.88. The lowest BCUT2D eigenvalue weighted by atomic mass is 10.2. The van der Waals surface area contributed by atoms with Crippen molar-refractivity contribution in [2.75, 3.05) is 5.32 Å². The van der Waals surface area contributed by atoms with Crippen LogP contribution in [0.1, 0.15) is 10.5 Å². The van der Waals surface area contributed by atoms with Gasteiger partial charge in [-0.05, 0) is 18.2 Å². The van der Waals surface area contributed by atoms with Crippen LogP contribution < -0.4 is 5.32 Å². The Morgan fingerprint density at radius 2 is 2.11 bits per heavy atom. The number of hydrogen-bond donors (Lipinski definition) is 2. The molecule has 0 spiro atoms. The first-order valence-corrected chi connectivity index (χ1v) is 5.98. The Balaban J connectivity index is 1.92. The van der Waals surface area contributed by atoms with Gasteiger partial charge in [-0.2, -0.15) is 5.10 Å². The molecule has 0 atom stereocenters. The van der Waals surface area contributed by atoms with E-state index in [-0.39, 0.29) is 5.91 Å². The number of aromatic nitrogens is 3. The standard InChI is InChI=1S/C13H9ClN4O/c14-11-7-8(5-6-15-11)16-13(19)12-9-3-1-2-4-10(9)17-18-12/h1-7H,(H,17,18)(H,15,16,19).